The highest BCUT2D eigenvalue weighted by atomic mass is 15.2. The molecule has 2 heteroatoms. The second-order valence-corrected chi connectivity index (χ2v) is 18.4. The van der Waals surface area contributed by atoms with Crippen LogP contribution in [-0.4, -0.2) is 4.57 Å². The number of hydrogen-bond donors (Lipinski definition) is 0. The van der Waals surface area contributed by atoms with Crippen molar-refractivity contribution in [2.24, 2.45) is 0 Å². The van der Waals surface area contributed by atoms with Crippen LogP contribution in [0, 0.1) is 6.92 Å². The fraction of sp³-hybridized carbons (Fsp3) is 0.129. The van der Waals surface area contributed by atoms with Gasteiger partial charge in [-0.15, -0.1) is 0 Å². The van der Waals surface area contributed by atoms with Crippen LogP contribution in [0.3, 0.4) is 0 Å². The van der Waals surface area contributed by atoms with Crippen molar-refractivity contribution >= 4 is 82.0 Å². The molecule has 2 heterocycles. The summed E-state index contributed by atoms with van der Waals surface area (Å²) in [4.78, 5) is 2.41. The molecule has 1 aliphatic heterocycles. The Balaban J connectivity index is 0.00000104. The first-order valence-corrected chi connectivity index (χ1v) is 23.0. The van der Waals surface area contributed by atoms with Gasteiger partial charge in [0.2, 0.25) is 0 Å². The first kappa shape index (κ1) is 38.3. The summed E-state index contributed by atoms with van der Waals surface area (Å²) in [7, 11) is 0. The van der Waals surface area contributed by atoms with Crippen LogP contribution < -0.4 is 4.90 Å². The maximum Gasteiger partial charge on any atom is 0.0561 e. The Kier molecular flexibility index (Phi) is 8.55. The second-order valence-electron chi connectivity index (χ2n) is 18.4. The van der Waals surface area contributed by atoms with E-state index in [0.717, 1.165) is 22.8 Å². The Hall–Kier alpha value is -7.42. The monoisotopic (exact) mass is 822 g/mol. The van der Waals surface area contributed by atoms with Crippen molar-refractivity contribution in [1.29, 1.82) is 0 Å². The number of para-hydroxylation sites is 1. The van der Waals surface area contributed by atoms with Crippen molar-refractivity contribution in [3.05, 3.63) is 205 Å². The van der Waals surface area contributed by atoms with Crippen molar-refractivity contribution in [2.75, 3.05) is 4.90 Å². The van der Waals surface area contributed by atoms with Gasteiger partial charge in [-0.25, -0.2) is 0 Å². The van der Waals surface area contributed by atoms with Gasteiger partial charge in [-0.2, -0.15) is 0 Å². The van der Waals surface area contributed by atoms with E-state index in [1.54, 1.807) is 0 Å². The van der Waals surface area contributed by atoms with Gasteiger partial charge in [0.25, 0.3) is 0 Å². The first-order valence-electron chi connectivity index (χ1n) is 23.0. The van der Waals surface area contributed by atoms with Gasteiger partial charge >= 0.3 is 0 Å². The predicted molar refractivity (Wildman–Crippen MR) is 277 cm³/mol. The minimum atomic E-state index is -0.139. The van der Waals surface area contributed by atoms with Crippen LogP contribution in [0.25, 0.3) is 98.5 Å². The normalized spacial score (nSPS) is 13.6. The molecule has 0 unspecified atom stereocenters. The zero-order valence-electron chi connectivity index (χ0n) is 37.3. The Labute approximate surface area is 375 Å². The minimum Gasteiger partial charge on any atom is -0.309 e. The van der Waals surface area contributed by atoms with E-state index in [9.17, 15) is 0 Å². The van der Waals surface area contributed by atoms with Gasteiger partial charge in [-0.1, -0.05) is 181 Å². The molecule has 1 aliphatic carbocycles. The quantitative estimate of drug-likeness (QED) is 0.161. The maximum absolute atomic E-state index is 4.88. The van der Waals surface area contributed by atoms with E-state index >= 15 is 0 Å². The molecule has 0 spiro atoms. The standard InChI is InChI=1S/C58H40N2.C4H10/c1-34-15-5-14-24-53(34)59-35(2)57-38-17-7-6-16-36(38)25-27-45(57)44-28-26-37(29-54(44)59)60-55-32-47-42-21-11-9-19-40(42)39-18-8-10-20-41(39)46(47)30-49(55)50-31-48-43-22-12-13-23-51(43)58(3,4)52(48)33-56(50)60;1-3-4-2/h5-33H,2H2,1,3-4H3;3-4H2,1-2H3. The summed E-state index contributed by atoms with van der Waals surface area (Å²) < 4.78 is 2.54. The number of rotatable bonds is 3. The molecule has 0 saturated carbocycles. The lowest BCUT2D eigenvalue weighted by Gasteiger charge is -2.36. The Morgan fingerprint density at radius 3 is 1.73 bits per heavy atom. The molecule has 0 saturated heterocycles. The Bertz CT molecular complexity index is 3760. The van der Waals surface area contributed by atoms with Crippen LogP contribution in [0.4, 0.5) is 11.4 Å². The number of nitrogens with zero attached hydrogens (tertiary/aromatic N) is 2. The minimum absolute atomic E-state index is 0.139. The molecule has 308 valence electrons. The third kappa shape index (κ3) is 5.38. The predicted octanol–water partition coefficient (Wildman–Crippen LogP) is 17.6. The summed E-state index contributed by atoms with van der Waals surface area (Å²) in [6.45, 7) is 16.2. The number of fused-ring (bicyclic) bond motifs is 17. The molecule has 13 rings (SSSR count). The molecule has 10 aromatic carbocycles. The highest BCUT2D eigenvalue weighted by Gasteiger charge is 2.37. The largest absolute Gasteiger partial charge is 0.309 e. The van der Waals surface area contributed by atoms with Crippen molar-refractivity contribution in [1.82, 2.24) is 4.57 Å². The van der Waals surface area contributed by atoms with Crippen LogP contribution in [0.5, 0.6) is 0 Å². The van der Waals surface area contributed by atoms with Crippen molar-refractivity contribution in [3.63, 3.8) is 0 Å². The summed E-state index contributed by atoms with van der Waals surface area (Å²) >= 11 is 0. The zero-order valence-corrected chi connectivity index (χ0v) is 37.3. The summed E-state index contributed by atoms with van der Waals surface area (Å²) in [5, 5.41) is 12.7. The molecular weight excluding hydrogens is 773 g/mol. The summed E-state index contributed by atoms with van der Waals surface area (Å²) in [6, 6.07) is 65.9. The molecule has 64 heavy (non-hydrogen) atoms. The SMILES string of the molecule is C=C1c2c(ccc3ccccc23)-c2ccc(-n3c4cc5c(cc4c4cc6c7ccccc7c7ccccc7c6cc43)-c3ccccc3C5(C)C)cc2N1c1ccccc1C.CCCC. The van der Waals surface area contributed by atoms with Crippen LogP contribution in [0.15, 0.2) is 183 Å². The average molecular weight is 823 g/mol. The van der Waals surface area contributed by atoms with Gasteiger partial charge in [0.05, 0.1) is 16.7 Å². The second kappa shape index (κ2) is 14.3. The third-order valence-electron chi connectivity index (χ3n) is 14.4. The number of anilines is 2. The number of aromatic nitrogens is 1. The molecule has 0 N–H and O–H groups in total. The summed E-state index contributed by atoms with van der Waals surface area (Å²) in [6.07, 6.45) is 2.64. The molecule has 11 aromatic rings. The van der Waals surface area contributed by atoms with Crippen molar-refractivity contribution in [2.45, 2.75) is 52.9 Å². The van der Waals surface area contributed by atoms with Crippen LogP contribution >= 0.6 is 0 Å². The zero-order chi connectivity index (χ0) is 43.4. The lowest BCUT2D eigenvalue weighted by atomic mass is 9.82. The third-order valence-corrected chi connectivity index (χ3v) is 14.4. The molecule has 0 amide bonds. The van der Waals surface area contributed by atoms with Gasteiger partial charge in [-0.05, 0) is 126 Å². The molecule has 0 fully saturated rings. The molecule has 0 bridgehead atoms. The first-order chi connectivity index (χ1) is 31.3. The lowest BCUT2D eigenvalue weighted by Crippen LogP contribution is -2.21. The molecule has 0 radical (unpaired) electrons. The number of unbranched alkanes of at least 4 members (excludes halogenated alkanes) is 1. The van der Waals surface area contributed by atoms with E-state index in [2.05, 4.69) is 220 Å². The molecular formula is C62H50N2. The molecule has 2 aliphatic rings. The summed E-state index contributed by atoms with van der Waals surface area (Å²) in [5.74, 6) is 0. The fourth-order valence-corrected chi connectivity index (χ4v) is 11.1. The van der Waals surface area contributed by atoms with E-state index in [-0.39, 0.29) is 5.41 Å². The van der Waals surface area contributed by atoms with E-state index in [0.29, 0.717) is 0 Å². The van der Waals surface area contributed by atoms with E-state index in [4.69, 9.17) is 6.58 Å². The molecule has 2 nitrogen and oxygen atoms in total. The molecule has 0 atom stereocenters. The van der Waals surface area contributed by atoms with Gasteiger partial charge < -0.3 is 9.47 Å². The van der Waals surface area contributed by atoms with Crippen molar-refractivity contribution < 1.29 is 0 Å². The highest BCUT2D eigenvalue weighted by molar-refractivity contribution is 6.29. The van der Waals surface area contributed by atoms with Crippen molar-refractivity contribution in [3.8, 4) is 27.9 Å². The van der Waals surface area contributed by atoms with E-state index in [1.807, 2.05) is 0 Å². The van der Waals surface area contributed by atoms with Gasteiger partial charge in [0, 0.05) is 44.4 Å². The topological polar surface area (TPSA) is 8.17 Å². The summed E-state index contributed by atoms with van der Waals surface area (Å²) in [5.41, 5.74) is 16.9. The van der Waals surface area contributed by atoms with Crippen LogP contribution in [0.2, 0.25) is 0 Å². The van der Waals surface area contributed by atoms with Gasteiger partial charge in [0.15, 0.2) is 0 Å². The fourth-order valence-electron chi connectivity index (χ4n) is 11.1. The van der Waals surface area contributed by atoms with E-state index in [1.165, 1.54) is 122 Å². The van der Waals surface area contributed by atoms with Gasteiger partial charge in [-0.3, -0.25) is 0 Å². The average Bonchev–Trinajstić information content (AvgIpc) is 3.77. The number of hydrogen-bond acceptors (Lipinski definition) is 1. The van der Waals surface area contributed by atoms with Crippen LogP contribution in [0.1, 0.15) is 62.8 Å². The number of benzene rings is 10. The lowest BCUT2D eigenvalue weighted by molar-refractivity contribution is 0.661. The van der Waals surface area contributed by atoms with Gasteiger partial charge in [0.1, 0.15) is 0 Å². The Morgan fingerprint density at radius 1 is 0.438 bits per heavy atom. The molecule has 1 aromatic heterocycles. The van der Waals surface area contributed by atoms with E-state index < -0.39 is 0 Å². The van der Waals surface area contributed by atoms with Crippen LogP contribution in [-0.2, 0) is 5.41 Å². The Morgan fingerprint density at radius 2 is 1.02 bits per heavy atom. The number of aryl methyl sites for hydroxylation is 1. The smallest absolute Gasteiger partial charge is 0.0561 e. The highest BCUT2D eigenvalue weighted by Crippen LogP contribution is 2.54. The maximum atomic E-state index is 4.88.